The van der Waals surface area contributed by atoms with Crippen molar-refractivity contribution in [3.8, 4) is 0 Å². The van der Waals surface area contributed by atoms with Gasteiger partial charge >= 0.3 is 11.9 Å². The summed E-state index contributed by atoms with van der Waals surface area (Å²) in [5.74, 6) is 2.05. The van der Waals surface area contributed by atoms with E-state index in [1.807, 2.05) is 0 Å². The summed E-state index contributed by atoms with van der Waals surface area (Å²) in [7, 11) is 0. The lowest BCUT2D eigenvalue weighted by Crippen LogP contribution is -2.41. The van der Waals surface area contributed by atoms with Gasteiger partial charge in [0.25, 0.3) is 0 Å². The molecule has 4 bridgehead atoms. The van der Waals surface area contributed by atoms with Crippen molar-refractivity contribution in [3.05, 3.63) is 12.7 Å². The first kappa shape index (κ1) is 12.4. The highest BCUT2D eigenvalue weighted by molar-refractivity contribution is 5.81. The molecule has 4 fully saturated rings. The molecule has 0 aliphatic heterocycles. The molecule has 4 nitrogen and oxygen atoms in total. The van der Waals surface area contributed by atoms with Crippen molar-refractivity contribution in [2.75, 3.05) is 0 Å². The SMILES string of the molecule is C=CC(=O)OC1C[C@@H]2CC1C1C2[C@H]2CC(C(=O)O)[C@@H]1C2. The molecule has 0 amide bonds. The summed E-state index contributed by atoms with van der Waals surface area (Å²) in [4.78, 5) is 22.8. The van der Waals surface area contributed by atoms with Gasteiger partial charge in [0.15, 0.2) is 0 Å². The Bertz CT molecular complexity index is 485. The molecular weight excluding hydrogens is 256 g/mol. The number of carbonyl (C=O) groups excluding carboxylic acids is 1. The van der Waals surface area contributed by atoms with Crippen LogP contribution in [0.5, 0.6) is 0 Å². The maximum Gasteiger partial charge on any atom is 0.330 e. The van der Waals surface area contributed by atoms with Gasteiger partial charge in [-0.25, -0.2) is 4.79 Å². The van der Waals surface area contributed by atoms with Crippen LogP contribution in [0, 0.1) is 41.4 Å². The lowest BCUT2D eigenvalue weighted by molar-refractivity contribution is -0.152. The fourth-order valence-electron chi connectivity index (χ4n) is 6.16. The van der Waals surface area contributed by atoms with Crippen LogP contribution >= 0.6 is 0 Å². The van der Waals surface area contributed by atoms with Crippen molar-refractivity contribution < 1.29 is 19.4 Å². The maximum atomic E-state index is 11.4. The Balaban J connectivity index is 1.56. The van der Waals surface area contributed by atoms with Gasteiger partial charge in [0, 0.05) is 6.08 Å². The molecule has 4 aliphatic rings. The van der Waals surface area contributed by atoms with Gasteiger partial charge in [0.2, 0.25) is 0 Å². The zero-order valence-electron chi connectivity index (χ0n) is 11.4. The quantitative estimate of drug-likeness (QED) is 0.487. The average Bonchev–Trinajstić information content (AvgIpc) is 3.14. The van der Waals surface area contributed by atoms with Gasteiger partial charge in [-0.1, -0.05) is 6.58 Å². The van der Waals surface area contributed by atoms with Gasteiger partial charge in [0.1, 0.15) is 6.10 Å². The van der Waals surface area contributed by atoms with Crippen LogP contribution in [0.25, 0.3) is 0 Å². The Morgan fingerprint density at radius 3 is 2.45 bits per heavy atom. The smallest absolute Gasteiger partial charge is 0.330 e. The highest BCUT2D eigenvalue weighted by atomic mass is 16.5. The molecule has 4 saturated carbocycles. The number of hydrogen-bond donors (Lipinski definition) is 1. The molecule has 0 spiro atoms. The fourth-order valence-corrected chi connectivity index (χ4v) is 6.16. The number of hydrogen-bond acceptors (Lipinski definition) is 3. The predicted octanol–water partition coefficient (Wildman–Crippen LogP) is 2.10. The number of rotatable bonds is 3. The van der Waals surface area contributed by atoms with Crippen LogP contribution in [-0.4, -0.2) is 23.1 Å². The molecule has 0 saturated heterocycles. The second kappa shape index (κ2) is 4.09. The van der Waals surface area contributed by atoms with E-state index < -0.39 is 5.97 Å². The Labute approximate surface area is 118 Å². The molecule has 0 aromatic heterocycles. The first-order valence-electron chi connectivity index (χ1n) is 7.66. The van der Waals surface area contributed by atoms with Gasteiger partial charge in [-0.15, -0.1) is 0 Å². The summed E-state index contributed by atoms with van der Waals surface area (Å²) in [6.45, 7) is 3.45. The van der Waals surface area contributed by atoms with Gasteiger partial charge < -0.3 is 9.84 Å². The average molecular weight is 276 g/mol. The second-order valence-electron chi connectivity index (χ2n) is 7.07. The van der Waals surface area contributed by atoms with E-state index in [4.69, 9.17) is 4.74 Å². The third-order valence-electron chi connectivity index (χ3n) is 6.51. The monoisotopic (exact) mass is 276 g/mol. The van der Waals surface area contributed by atoms with Gasteiger partial charge in [-0.3, -0.25) is 4.79 Å². The maximum absolute atomic E-state index is 11.4. The molecular formula is C16H20O4. The van der Waals surface area contributed by atoms with Crippen molar-refractivity contribution in [3.63, 3.8) is 0 Å². The summed E-state index contributed by atoms with van der Waals surface area (Å²) >= 11 is 0. The fraction of sp³-hybridized carbons (Fsp3) is 0.750. The minimum absolute atomic E-state index is 0.000505. The van der Waals surface area contributed by atoms with E-state index in [9.17, 15) is 14.7 Å². The van der Waals surface area contributed by atoms with Crippen LogP contribution in [0.2, 0.25) is 0 Å². The van der Waals surface area contributed by atoms with Crippen LogP contribution in [0.3, 0.4) is 0 Å². The molecule has 4 aliphatic carbocycles. The van der Waals surface area contributed by atoms with Gasteiger partial charge in [-0.2, -0.15) is 0 Å². The molecule has 1 N–H and O–H groups in total. The van der Waals surface area contributed by atoms with Crippen LogP contribution < -0.4 is 0 Å². The van der Waals surface area contributed by atoms with E-state index in [1.54, 1.807) is 0 Å². The molecule has 20 heavy (non-hydrogen) atoms. The number of fused-ring (bicyclic) bond motifs is 9. The predicted molar refractivity (Wildman–Crippen MR) is 70.6 cm³/mol. The lowest BCUT2D eigenvalue weighted by Gasteiger charge is -2.40. The zero-order chi connectivity index (χ0) is 14.0. The summed E-state index contributed by atoms with van der Waals surface area (Å²) in [5, 5.41) is 9.38. The molecule has 0 heterocycles. The summed E-state index contributed by atoms with van der Waals surface area (Å²) in [6.07, 6.45) is 5.30. The second-order valence-corrected chi connectivity index (χ2v) is 7.07. The topological polar surface area (TPSA) is 63.6 Å². The van der Waals surface area contributed by atoms with Crippen molar-refractivity contribution >= 4 is 11.9 Å². The molecule has 0 aromatic carbocycles. The number of carbonyl (C=O) groups is 2. The number of carboxylic acid groups (broad SMARTS) is 1. The number of esters is 1. The Hall–Kier alpha value is -1.32. The third-order valence-corrected chi connectivity index (χ3v) is 6.51. The number of ether oxygens (including phenoxy) is 1. The molecule has 4 rings (SSSR count). The number of carboxylic acids is 1. The van der Waals surface area contributed by atoms with Crippen LogP contribution in [0.15, 0.2) is 12.7 Å². The van der Waals surface area contributed by atoms with Crippen molar-refractivity contribution in [1.82, 2.24) is 0 Å². The minimum Gasteiger partial charge on any atom is -0.481 e. The van der Waals surface area contributed by atoms with E-state index in [2.05, 4.69) is 6.58 Å². The Morgan fingerprint density at radius 1 is 1.05 bits per heavy atom. The van der Waals surface area contributed by atoms with Gasteiger partial charge in [0.05, 0.1) is 5.92 Å². The molecule has 5 unspecified atom stereocenters. The molecule has 0 aromatic rings. The minimum atomic E-state index is -0.627. The van der Waals surface area contributed by atoms with E-state index in [1.165, 1.54) is 6.08 Å². The lowest BCUT2D eigenvalue weighted by atomic mass is 9.67. The van der Waals surface area contributed by atoms with Crippen LogP contribution in [-0.2, 0) is 14.3 Å². The summed E-state index contributed by atoms with van der Waals surface area (Å²) < 4.78 is 5.50. The van der Waals surface area contributed by atoms with E-state index in [0.29, 0.717) is 35.5 Å². The van der Waals surface area contributed by atoms with Crippen LogP contribution in [0.1, 0.15) is 25.7 Å². The highest BCUT2D eigenvalue weighted by Gasteiger charge is 2.66. The molecule has 4 heteroatoms. The molecule has 8 atom stereocenters. The normalized spacial score (nSPS) is 51.0. The standard InChI is InChI=1S/C16H20O4/c1-2-13(17)20-12-6-8-5-11(12)15-9-3-7(14(8)15)4-10(9)16(18)19/h2,7-12,14-15H,1,3-6H2,(H,18,19)/t7-,8+,9+,10?,11?,12?,14?,15?/m1/s1. The van der Waals surface area contributed by atoms with Crippen molar-refractivity contribution in [1.29, 1.82) is 0 Å². The highest BCUT2D eigenvalue weighted by Crippen LogP contribution is 2.69. The van der Waals surface area contributed by atoms with Crippen LogP contribution in [0.4, 0.5) is 0 Å². The first-order chi connectivity index (χ1) is 9.60. The molecule has 0 radical (unpaired) electrons. The van der Waals surface area contributed by atoms with Crippen molar-refractivity contribution in [2.24, 2.45) is 41.4 Å². The van der Waals surface area contributed by atoms with E-state index in [0.717, 1.165) is 25.7 Å². The molecule has 108 valence electrons. The third kappa shape index (κ3) is 1.48. The number of aliphatic carboxylic acids is 1. The Kier molecular flexibility index (Phi) is 2.54. The first-order valence-corrected chi connectivity index (χ1v) is 7.66. The largest absolute Gasteiger partial charge is 0.481 e. The summed E-state index contributed by atoms with van der Waals surface area (Å²) in [6, 6.07) is 0. The van der Waals surface area contributed by atoms with E-state index >= 15 is 0 Å². The van der Waals surface area contributed by atoms with E-state index in [-0.39, 0.29) is 18.0 Å². The van der Waals surface area contributed by atoms with Crippen molar-refractivity contribution in [2.45, 2.75) is 31.8 Å². The summed E-state index contributed by atoms with van der Waals surface area (Å²) in [5.41, 5.74) is 0. The Morgan fingerprint density at radius 2 is 1.75 bits per heavy atom. The zero-order valence-corrected chi connectivity index (χ0v) is 11.4. The van der Waals surface area contributed by atoms with Gasteiger partial charge in [-0.05, 0) is 61.2 Å².